The second-order valence-corrected chi connectivity index (χ2v) is 9.34. The molecule has 3 aromatic carbocycles. The lowest BCUT2D eigenvalue weighted by Crippen LogP contribution is -2.49. The number of piperazine rings is 1. The minimum Gasteiger partial charge on any atom is -0.497 e. The number of carbonyl (C=O) groups excluding carboxylic acids is 1. The summed E-state index contributed by atoms with van der Waals surface area (Å²) in [5.41, 5.74) is 3.57. The summed E-state index contributed by atoms with van der Waals surface area (Å²) in [6, 6.07) is 29.3. The fourth-order valence-corrected chi connectivity index (χ4v) is 5.41. The van der Waals surface area contributed by atoms with E-state index in [-0.39, 0.29) is 11.9 Å². The average Bonchev–Trinajstić information content (AvgIpc) is 3.26. The highest BCUT2D eigenvalue weighted by Gasteiger charge is 2.31. The van der Waals surface area contributed by atoms with Crippen molar-refractivity contribution in [3.05, 3.63) is 107 Å². The van der Waals surface area contributed by atoms with Crippen LogP contribution in [0.15, 0.2) is 94.8 Å². The van der Waals surface area contributed by atoms with Gasteiger partial charge in [-0.05, 0) is 46.7 Å². The SMILES string of the molecule is COc1ccc(C=C2SC(N3CCN(C(c4ccccc4)c4ccccc4)CC3)=NC2=O)cc1. The van der Waals surface area contributed by atoms with Gasteiger partial charge in [0, 0.05) is 26.2 Å². The van der Waals surface area contributed by atoms with Crippen LogP contribution in [-0.2, 0) is 4.79 Å². The lowest BCUT2D eigenvalue weighted by molar-refractivity contribution is -0.113. The summed E-state index contributed by atoms with van der Waals surface area (Å²) in [5, 5.41) is 0.806. The second kappa shape index (κ2) is 10.3. The fourth-order valence-electron chi connectivity index (χ4n) is 4.44. The van der Waals surface area contributed by atoms with E-state index in [0.717, 1.165) is 42.7 Å². The molecule has 2 aliphatic heterocycles. The molecule has 1 amide bonds. The molecular formula is C28H27N3O2S. The molecule has 5 rings (SSSR count). The van der Waals surface area contributed by atoms with Crippen molar-refractivity contribution >= 4 is 28.9 Å². The van der Waals surface area contributed by atoms with Crippen LogP contribution in [0.4, 0.5) is 0 Å². The maximum Gasteiger partial charge on any atom is 0.286 e. The summed E-state index contributed by atoms with van der Waals surface area (Å²) >= 11 is 1.47. The average molecular weight is 470 g/mol. The number of amidine groups is 1. The molecule has 1 saturated heterocycles. The van der Waals surface area contributed by atoms with Crippen molar-refractivity contribution in [2.75, 3.05) is 33.3 Å². The van der Waals surface area contributed by atoms with Gasteiger partial charge in [-0.2, -0.15) is 4.99 Å². The monoisotopic (exact) mass is 469 g/mol. The second-order valence-electron chi connectivity index (χ2n) is 8.33. The Morgan fingerprint density at radius 1 is 0.853 bits per heavy atom. The van der Waals surface area contributed by atoms with Gasteiger partial charge in [0.1, 0.15) is 5.75 Å². The molecule has 34 heavy (non-hydrogen) atoms. The molecule has 0 spiro atoms. The largest absolute Gasteiger partial charge is 0.497 e. The molecule has 0 N–H and O–H groups in total. The molecule has 0 atom stereocenters. The number of amides is 1. The van der Waals surface area contributed by atoms with Crippen LogP contribution < -0.4 is 4.74 Å². The standard InChI is InChI=1S/C28H27N3O2S/c1-33-24-14-12-21(13-15-24)20-25-27(32)29-28(34-25)31-18-16-30(17-19-31)26(22-8-4-2-5-9-22)23-10-6-3-7-11-23/h2-15,20,26H,16-19H2,1H3. The maximum absolute atomic E-state index is 12.6. The molecule has 2 aliphatic rings. The summed E-state index contributed by atoms with van der Waals surface area (Å²) in [7, 11) is 1.64. The number of ether oxygens (including phenoxy) is 1. The lowest BCUT2D eigenvalue weighted by Gasteiger charge is -2.40. The molecule has 0 saturated carbocycles. The summed E-state index contributed by atoms with van der Waals surface area (Å²) < 4.78 is 5.21. The molecule has 2 heterocycles. The molecule has 1 fully saturated rings. The van der Waals surface area contributed by atoms with E-state index in [1.165, 1.54) is 22.9 Å². The van der Waals surface area contributed by atoms with Gasteiger partial charge in [0.05, 0.1) is 18.1 Å². The first-order valence-electron chi connectivity index (χ1n) is 11.5. The number of rotatable bonds is 5. The van der Waals surface area contributed by atoms with Crippen LogP contribution in [0.3, 0.4) is 0 Å². The van der Waals surface area contributed by atoms with Gasteiger partial charge in [-0.1, -0.05) is 72.8 Å². The Balaban J connectivity index is 1.27. The third-order valence-electron chi connectivity index (χ3n) is 6.20. The van der Waals surface area contributed by atoms with Crippen molar-refractivity contribution in [1.29, 1.82) is 0 Å². The van der Waals surface area contributed by atoms with Crippen molar-refractivity contribution in [1.82, 2.24) is 9.80 Å². The number of thioether (sulfide) groups is 1. The lowest BCUT2D eigenvalue weighted by atomic mass is 9.96. The predicted molar refractivity (Wildman–Crippen MR) is 139 cm³/mol. The molecule has 3 aromatic rings. The number of hydrogen-bond acceptors (Lipinski definition) is 5. The van der Waals surface area contributed by atoms with Crippen molar-refractivity contribution in [3.8, 4) is 5.75 Å². The van der Waals surface area contributed by atoms with Gasteiger partial charge in [0.15, 0.2) is 5.17 Å². The Kier molecular flexibility index (Phi) is 6.79. The van der Waals surface area contributed by atoms with Crippen molar-refractivity contribution < 1.29 is 9.53 Å². The molecular weight excluding hydrogens is 442 g/mol. The molecule has 6 heteroatoms. The Hall–Kier alpha value is -3.35. The Bertz CT molecular complexity index is 1150. The van der Waals surface area contributed by atoms with Gasteiger partial charge in [-0.15, -0.1) is 0 Å². The van der Waals surface area contributed by atoms with Crippen molar-refractivity contribution in [2.45, 2.75) is 6.04 Å². The van der Waals surface area contributed by atoms with Crippen LogP contribution in [0.2, 0.25) is 0 Å². The van der Waals surface area contributed by atoms with E-state index >= 15 is 0 Å². The number of benzene rings is 3. The zero-order valence-corrected chi connectivity index (χ0v) is 19.9. The first kappa shape index (κ1) is 22.4. The summed E-state index contributed by atoms with van der Waals surface area (Å²) in [5.74, 6) is 0.636. The van der Waals surface area contributed by atoms with Gasteiger partial charge >= 0.3 is 0 Å². The molecule has 0 bridgehead atoms. The van der Waals surface area contributed by atoms with E-state index in [9.17, 15) is 4.79 Å². The van der Waals surface area contributed by atoms with Crippen molar-refractivity contribution in [3.63, 3.8) is 0 Å². The summed E-state index contributed by atoms with van der Waals surface area (Å²) in [4.78, 5) is 22.3. The quantitative estimate of drug-likeness (QED) is 0.488. The van der Waals surface area contributed by atoms with Gasteiger partial charge in [0.25, 0.3) is 5.91 Å². The Labute approximate surface area is 204 Å². The van der Waals surface area contributed by atoms with E-state index in [2.05, 4.69) is 75.5 Å². The van der Waals surface area contributed by atoms with Crippen LogP contribution in [0.1, 0.15) is 22.7 Å². The Morgan fingerprint density at radius 2 is 1.44 bits per heavy atom. The minimum atomic E-state index is -0.162. The van der Waals surface area contributed by atoms with Crippen LogP contribution in [-0.4, -0.2) is 54.2 Å². The summed E-state index contributed by atoms with van der Waals surface area (Å²) in [6.07, 6.45) is 1.90. The van der Waals surface area contributed by atoms with Crippen LogP contribution in [0.25, 0.3) is 6.08 Å². The smallest absolute Gasteiger partial charge is 0.286 e. The van der Waals surface area contributed by atoms with E-state index < -0.39 is 0 Å². The Morgan fingerprint density at radius 3 is 2.00 bits per heavy atom. The van der Waals surface area contributed by atoms with E-state index in [4.69, 9.17) is 4.74 Å². The highest BCUT2D eigenvalue weighted by Crippen LogP contribution is 2.33. The van der Waals surface area contributed by atoms with Crippen LogP contribution >= 0.6 is 11.8 Å². The molecule has 172 valence electrons. The van der Waals surface area contributed by atoms with Gasteiger partial charge in [-0.3, -0.25) is 9.69 Å². The predicted octanol–water partition coefficient (Wildman–Crippen LogP) is 5.07. The highest BCUT2D eigenvalue weighted by atomic mass is 32.2. The molecule has 0 aliphatic carbocycles. The number of nitrogens with zero attached hydrogens (tertiary/aromatic N) is 3. The topological polar surface area (TPSA) is 45.1 Å². The minimum absolute atomic E-state index is 0.162. The third kappa shape index (κ3) is 4.93. The number of methoxy groups -OCH3 is 1. The van der Waals surface area contributed by atoms with Crippen LogP contribution in [0.5, 0.6) is 5.75 Å². The van der Waals surface area contributed by atoms with Crippen LogP contribution in [0, 0.1) is 0 Å². The molecule has 0 unspecified atom stereocenters. The molecule has 0 aromatic heterocycles. The number of aliphatic imine (C=N–C) groups is 1. The molecule has 5 nitrogen and oxygen atoms in total. The van der Waals surface area contributed by atoms with E-state index in [1.54, 1.807) is 7.11 Å². The zero-order chi connectivity index (χ0) is 23.3. The van der Waals surface area contributed by atoms with E-state index in [0.29, 0.717) is 4.91 Å². The zero-order valence-electron chi connectivity index (χ0n) is 19.1. The van der Waals surface area contributed by atoms with Gasteiger partial charge in [0.2, 0.25) is 0 Å². The number of hydrogen-bond donors (Lipinski definition) is 0. The normalized spacial score (nSPS) is 17.9. The maximum atomic E-state index is 12.6. The molecule has 0 radical (unpaired) electrons. The van der Waals surface area contributed by atoms with Gasteiger partial charge < -0.3 is 9.64 Å². The van der Waals surface area contributed by atoms with Crippen molar-refractivity contribution in [2.24, 2.45) is 4.99 Å². The van der Waals surface area contributed by atoms with E-state index in [1.807, 2.05) is 30.3 Å². The fraction of sp³-hybridized carbons (Fsp3) is 0.214. The summed E-state index contributed by atoms with van der Waals surface area (Å²) in [6.45, 7) is 3.48. The number of carbonyl (C=O) groups is 1. The first-order valence-corrected chi connectivity index (χ1v) is 12.3. The first-order chi connectivity index (χ1) is 16.7. The third-order valence-corrected chi connectivity index (χ3v) is 7.25. The highest BCUT2D eigenvalue weighted by molar-refractivity contribution is 8.18. The van der Waals surface area contributed by atoms with Gasteiger partial charge in [-0.25, -0.2) is 0 Å².